The van der Waals surface area contributed by atoms with Crippen LogP contribution in [0.15, 0.2) is 0 Å². The molecule has 1 aliphatic carbocycles. The van der Waals surface area contributed by atoms with Crippen LogP contribution in [0.1, 0.15) is 26.2 Å². The number of ether oxygens (including phenoxy) is 2. The molecule has 0 aromatic rings. The standard InChI is InChI=1S/C14H28N2O3/c1-5-19-13(17)14(15-2,12-7-8-12)11-16(3)9-6-10-18-4/h12,15H,5-11H2,1-4H3. The first-order valence-electron chi connectivity index (χ1n) is 7.14. The van der Waals surface area contributed by atoms with Gasteiger partial charge < -0.3 is 19.7 Å². The largest absolute Gasteiger partial charge is 0.465 e. The molecule has 0 aromatic carbocycles. The Morgan fingerprint density at radius 3 is 2.63 bits per heavy atom. The Bertz CT molecular complexity index is 282. The number of carbonyl (C=O) groups excluding carboxylic acids is 1. The topological polar surface area (TPSA) is 50.8 Å². The summed E-state index contributed by atoms with van der Waals surface area (Å²) in [6, 6.07) is 0. The van der Waals surface area contributed by atoms with Gasteiger partial charge in [-0.15, -0.1) is 0 Å². The van der Waals surface area contributed by atoms with E-state index < -0.39 is 5.54 Å². The Morgan fingerprint density at radius 2 is 2.16 bits per heavy atom. The lowest BCUT2D eigenvalue weighted by molar-refractivity contribution is -0.153. The zero-order chi connectivity index (χ0) is 14.3. The second-order valence-corrected chi connectivity index (χ2v) is 5.30. The Labute approximate surface area is 116 Å². The summed E-state index contributed by atoms with van der Waals surface area (Å²) in [5, 5.41) is 3.24. The number of nitrogens with one attached hydrogen (secondary N) is 1. The van der Waals surface area contributed by atoms with Crippen LogP contribution in [0.3, 0.4) is 0 Å². The minimum absolute atomic E-state index is 0.112. The average molecular weight is 272 g/mol. The van der Waals surface area contributed by atoms with Crippen LogP contribution in [-0.4, -0.2) is 63.9 Å². The number of methoxy groups -OCH3 is 1. The van der Waals surface area contributed by atoms with Crippen molar-refractivity contribution < 1.29 is 14.3 Å². The highest BCUT2D eigenvalue weighted by Crippen LogP contribution is 2.40. The maximum atomic E-state index is 12.3. The molecular weight excluding hydrogens is 244 g/mol. The van der Waals surface area contributed by atoms with Gasteiger partial charge >= 0.3 is 5.97 Å². The Hall–Kier alpha value is -0.650. The lowest BCUT2D eigenvalue weighted by atomic mass is 9.92. The highest BCUT2D eigenvalue weighted by molar-refractivity contribution is 5.82. The molecule has 1 N–H and O–H groups in total. The predicted molar refractivity (Wildman–Crippen MR) is 75.1 cm³/mol. The van der Waals surface area contributed by atoms with Crippen LogP contribution in [0, 0.1) is 5.92 Å². The molecule has 5 nitrogen and oxygen atoms in total. The van der Waals surface area contributed by atoms with Crippen LogP contribution < -0.4 is 5.32 Å². The van der Waals surface area contributed by atoms with Crippen molar-refractivity contribution >= 4 is 5.97 Å². The van der Waals surface area contributed by atoms with E-state index in [1.54, 1.807) is 7.11 Å². The van der Waals surface area contributed by atoms with Crippen LogP contribution in [0.4, 0.5) is 0 Å². The normalized spacial score (nSPS) is 18.4. The summed E-state index contributed by atoms with van der Waals surface area (Å²) in [5.41, 5.74) is -0.544. The number of esters is 1. The fourth-order valence-electron chi connectivity index (χ4n) is 2.57. The molecular formula is C14H28N2O3. The van der Waals surface area contributed by atoms with E-state index in [1.165, 1.54) is 0 Å². The monoisotopic (exact) mass is 272 g/mol. The van der Waals surface area contributed by atoms with E-state index in [-0.39, 0.29) is 5.97 Å². The molecule has 1 saturated carbocycles. The number of hydrogen-bond acceptors (Lipinski definition) is 5. The van der Waals surface area contributed by atoms with Gasteiger partial charge in [-0.05, 0) is 46.2 Å². The third-order valence-corrected chi connectivity index (χ3v) is 3.77. The van der Waals surface area contributed by atoms with Gasteiger partial charge in [-0.1, -0.05) is 0 Å². The molecule has 0 saturated heterocycles. The number of hydrogen-bond donors (Lipinski definition) is 1. The number of carbonyl (C=O) groups is 1. The molecule has 0 amide bonds. The lowest BCUT2D eigenvalue weighted by Gasteiger charge is -2.35. The first-order chi connectivity index (χ1) is 9.10. The molecule has 0 spiro atoms. The highest BCUT2D eigenvalue weighted by Gasteiger charge is 2.51. The molecule has 19 heavy (non-hydrogen) atoms. The van der Waals surface area contributed by atoms with Gasteiger partial charge in [-0.2, -0.15) is 0 Å². The van der Waals surface area contributed by atoms with E-state index in [1.807, 2.05) is 21.0 Å². The first-order valence-corrected chi connectivity index (χ1v) is 7.14. The third kappa shape index (κ3) is 4.44. The minimum atomic E-state index is -0.544. The molecule has 1 atom stereocenters. The van der Waals surface area contributed by atoms with Crippen molar-refractivity contribution in [2.75, 3.05) is 47.5 Å². The van der Waals surface area contributed by atoms with Crippen LogP contribution in [0.5, 0.6) is 0 Å². The van der Waals surface area contributed by atoms with Crippen molar-refractivity contribution in [1.29, 1.82) is 0 Å². The van der Waals surface area contributed by atoms with E-state index in [0.29, 0.717) is 19.1 Å². The molecule has 112 valence electrons. The molecule has 1 rings (SSSR count). The molecule has 0 aromatic heterocycles. The van der Waals surface area contributed by atoms with Gasteiger partial charge in [0.1, 0.15) is 5.54 Å². The Morgan fingerprint density at radius 1 is 1.47 bits per heavy atom. The molecule has 0 bridgehead atoms. The minimum Gasteiger partial charge on any atom is -0.465 e. The van der Waals surface area contributed by atoms with Gasteiger partial charge in [-0.25, -0.2) is 4.79 Å². The van der Waals surface area contributed by atoms with E-state index in [2.05, 4.69) is 10.2 Å². The zero-order valence-electron chi connectivity index (χ0n) is 12.7. The summed E-state index contributed by atoms with van der Waals surface area (Å²) in [6.45, 7) is 4.65. The third-order valence-electron chi connectivity index (χ3n) is 3.77. The van der Waals surface area contributed by atoms with E-state index in [9.17, 15) is 4.79 Å². The van der Waals surface area contributed by atoms with Crippen molar-refractivity contribution in [1.82, 2.24) is 10.2 Å². The van der Waals surface area contributed by atoms with Crippen molar-refractivity contribution in [3.63, 3.8) is 0 Å². The molecule has 1 aliphatic rings. The Kier molecular flexibility index (Phi) is 6.75. The second-order valence-electron chi connectivity index (χ2n) is 5.30. The summed E-state index contributed by atoms with van der Waals surface area (Å²) < 4.78 is 10.3. The lowest BCUT2D eigenvalue weighted by Crippen LogP contribution is -2.59. The van der Waals surface area contributed by atoms with Gasteiger partial charge in [0.25, 0.3) is 0 Å². The van der Waals surface area contributed by atoms with E-state index in [4.69, 9.17) is 9.47 Å². The fourth-order valence-corrected chi connectivity index (χ4v) is 2.57. The number of rotatable bonds is 10. The molecule has 0 aliphatic heterocycles. The second kappa shape index (κ2) is 7.82. The van der Waals surface area contributed by atoms with Crippen molar-refractivity contribution in [2.45, 2.75) is 31.7 Å². The summed E-state index contributed by atoms with van der Waals surface area (Å²) in [5.74, 6) is 0.292. The fraction of sp³-hybridized carbons (Fsp3) is 0.929. The van der Waals surface area contributed by atoms with Crippen LogP contribution >= 0.6 is 0 Å². The molecule has 1 unspecified atom stereocenters. The molecule has 5 heteroatoms. The van der Waals surface area contributed by atoms with Gasteiger partial charge in [0.15, 0.2) is 0 Å². The molecule has 1 fully saturated rings. The predicted octanol–water partition coefficient (Wildman–Crippen LogP) is 0.886. The summed E-state index contributed by atoms with van der Waals surface area (Å²) >= 11 is 0. The summed E-state index contributed by atoms with van der Waals surface area (Å²) in [4.78, 5) is 14.5. The molecule has 0 radical (unpaired) electrons. The van der Waals surface area contributed by atoms with Crippen molar-refractivity contribution in [3.05, 3.63) is 0 Å². The SMILES string of the molecule is CCOC(=O)C(CN(C)CCCOC)(NC)C1CC1. The van der Waals surface area contributed by atoms with Gasteiger partial charge in [-0.3, -0.25) is 0 Å². The van der Waals surface area contributed by atoms with Crippen molar-refractivity contribution in [2.24, 2.45) is 5.92 Å². The number of nitrogens with zero attached hydrogens (tertiary/aromatic N) is 1. The first kappa shape index (κ1) is 16.4. The highest BCUT2D eigenvalue weighted by atomic mass is 16.5. The quantitative estimate of drug-likeness (QED) is 0.473. The van der Waals surface area contributed by atoms with Crippen LogP contribution in [0.25, 0.3) is 0 Å². The van der Waals surface area contributed by atoms with Crippen LogP contribution in [0.2, 0.25) is 0 Å². The van der Waals surface area contributed by atoms with Gasteiger partial charge in [0.2, 0.25) is 0 Å². The van der Waals surface area contributed by atoms with E-state index >= 15 is 0 Å². The smallest absolute Gasteiger partial charge is 0.327 e. The maximum Gasteiger partial charge on any atom is 0.327 e. The Balaban J connectivity index is 2.60. The molecule has 0 heterocycles. The van der Waals surface area contributed by atoms with E-state index in [0.717, 1.165) is 32.4 Å². The summed E-state index contributed by atoms with van der Waals surface area (Å²) in [6.07, 6.45) is 3.18. The summed E-state index contributed by atoms with van der Waals surface area (Å²) in [7, 11) is 5.61. The average Bonchev–Trinajstić information content (AvgIpc) is 3.21. The van der Waals surface area contributed by atoms with Crippen molar-refractivity contribution in [3.8, 4) is 0 Å². The van der Waals surface area contributed by atoms with Gasteiger partial charge in [0, 0.05) is 26.8 Å². The van der Waals surface area contributed by atoms with Gasteiger partial charge in [0.05, 0.1) is 6.61 Å². The maximum absolute atomic E-state index is 12.3. The van der Waals surface area contributed by atoms with Crippen LogP contribution in [-0.2, 0) is 14.3 Å². The zero-order valence-corrected chi connectivity index (χ0v) is 12.7. The number of likely N-dealkylation sites (N-methyl/N-ethyl adjacent to an activating group) is 2.